The molecule has 0 aliphatic rings. The van der Waals surface area contributed by atoms with Crippen LogP contribution in [0.25, 0.3) is 0 Å². The Kier molecular flexibility index (Phi) is 6.05. The molecule has 0 aromatic heterocycles. The summed E-state index contributed by atoms with van der Waals surface area (Å²) >= 11 is 5.16. The summed E-state index contributed by atoms with van der Waals surface area (Å²) in [5.41, 5.74) is 2.13. The van der Waals surface area contributed by atoms with Crippen LogP contribution in [0, 0.1) is 18.7 Å². The molecule has 2 nitrogen and oxygen atoms in total. The smallest absolute Gasteiger partial charge is 0.166 e. The Morgan fingerprint density at radius 1 is 1.33 bits per heavy atom. The fourth-order valence-corrected chi connectivity index (χ4v) is 1.80. The standard InChI is InChI=1S/C14H21FN2S/c1-10(2)9-17-14(18)16-7-6-12-4-5-13(15)8-11(12)3/h4-5,8,10H,6-7,9H2,1-3H3,(H2,16,17,18). The van der Waals surface area contributed by atoms with Crippen LogP contribution in [0.2, 0.25) is 0 Å². The van der Waals surface area contributed by atoms with E-state index < -0.39 is 0 Å². The van der Waals surface area contributed by atoms with Crippen LogP contribution in [-0.4, -0.2) is 18.2 Å². The van der Waals surface area contributed by atoms with Crippen molar-refractivity contribution >= 4 is 17.3 Å². The highest BCUT2D eigenvalue weighted by molar-refractivity contribution is 7.80. The van der Waals surface area contributed by atoms with Gasteiger partial charge in [0.05, 0.1) is 0 Å². The molecule has 1 aromatic carbocycles. The molecule has 0 heterocycles. The number of thiocarbonyl (C=S) groups is 1. The molecular weight excluding hydrogens is 247 g/mol. The Morgan fingerprint density at radius 3 is 2.67 bits per heavy atom. The minimum Gasteiger partial charge on any atom is -0.362 e. The summed E-state index contributed by atoms with van der Waals surface area (Å²) < 4.78 is 12.9. The van der Waals surface area contributed by atoms with Crippen molar-refractivity contribution in [1.82, 2.24) is 10.6 Å². The first-order valence-corrected chi connectivity index (χ1v) is 6.66. The molecule has 2 N–H and O–H groups in total. The Hall–Kier alpha value is -1.16. The molecule has 0 aliphatic heterocycles. The molecule has 0 amide bonds. The van der Waals surface area contributed by atoms with E-state index in [2.05, 4.69) is 24.5 Å². The van der Waals surface area contributed by atoms with Gasteiger partial charge in [-0.05, 0) is 54.7 Å². The Labute approximate surface area is 114 Å². The molecule has 0 atom stereocenters. The molecule has 18 heavy (non-hydrogen) atoms. The van der Waals surface area contributed by atoms with E-state index in [-0.39, 0.29) is 5.82 Å². The third-order valence-corrected chi connectivity index (χ3v) is 2.94. The lowest BCUT2D eigenvalue weighted by atomic mass is 10.1. The molecule has 4 heteroatoms. The van der Waals surface area contributed by atoms with E-state index in [1.807, 2.05) is 13.0 Å². The first kappa shape index (κ1) is 14.9. The minimum absolute atomic E-state index is 0.182. The zero-order valence-corrected chi connectivity index (χ0v) is 12.0. The predicted octanol–water partition coefficient (Wildman–Crippen LogP) is 2.80. The van der Waals surface area contributed by atoms with Crippen molar-refractivity contribution in [3.05, 3.63) is 35.1 Å². The van der Waals surface area contributed by atoms with Gasteiger partial charge in [0.25, 0.3) is 0 Å². The number of rotatable bonds is 5. The van der Waals surface area contributed by atoms with Crippen LogP contribution in [0.5, 0.6) is 0 Å². The van der Waals surface area contributed by atoms with Gasteiger partial charge in [0.15, 0.2) is 5.11 Å². The van der Waals surface area contributed by atoms with Gasteiger partial charge in [0, 0.05) is 13.1 Å². The third-order valence-electron chi connectivity index (χ3n) is 2.66. The number of hydrogen-bond acceptors (Lipinski definition) is 1. The lowest BCUT2D eigenvalue weighted by molar-refractivity contribution is 0.618. The maximum Gasteiger partial charge on any atom is 0.166 e. The molecule has 0 radical (unpaired) electrons. The fraction of sp³-hybridized carbons (Fsp3) is 0.500. The maximum absolute atomic E-state index is 12.9. The molecule has 0 spiro atoms. The molecule has 0 bridgehead atoms. The van der Waals surface area contributed by atoms with E-state index in [4.69, 9.17) is 12.2 Å². The SMILES string of the molecule is Cc1cc(F)ccc1CCNC(=S)NCC(C)C. The second-order valence-corrected chi connectivity index (χ2v) is 5.26. The van der Waals surface area contributed by atoms with Crippen molar-refractivity contribution in [3.8, 4) is 0 Å². The highest BCUT2D eigenvalue weighted by Crippen LogP contribution is 2.10. The van der Waals surface area contributed by atoms with Crippen LogP contribution < -0.4 is 10.6 Å². The van der Waals surface area contributed by atoms with Crippen molar-refractivity contribution in [2.75, 3.05) is 13.1 Å². The lowest BCUT2D eigenvalue weighted by Gasteiger charge is -2.12. The zero-order chi connectivity index (χ0) is 13.5. The zero-order valence-electron chi connectivity index (χ0n) is 11.2. The van der Waals surface area contributed by atoms with Gasteiger partial charge >= 0.3 is 0 Å². The first-order valence-electron chi connectivity index (χ1n) is 6.25. The Bertz CT molecular complexity index is 405. The van der Waals surface area contributed by atoms with Gasteiger partial charge in [-0.15, -0.1) is 0 Å². The summed E-state index contributed by atoms with van der Waals surface area (Å²) in [6, 6.07) is 4.89. The van der Waals surface area contributed by atoms with Crippen molar-refractivity contribution in [1.29, 1.82) is 0 Å². The molecular formula is C14H21FN2S. The number of halogens is 1. The number of nitrogens with one attached hydrogen (secondary N) is 2. The fourth-order valence-electron chi connectivity index (χ4n) is 1.61. The van der Waals surface area contributed by atoms with E-state index in [0.717, 1.165) is 30.6 Å². The highest BCUT2D eigenvalue weighted by Gasteiger charge is 2.01. The van der Waals surface area contributed by atoms with Gasteiger partial charge in [-0.2, -0.15) is 0 Å². The molecule has 0 saturated heterocycles. The van der Waals surface area contributed by atoms with Gasteiger partial charge in [-0.25, -0.2) is 4.39 Å². The second-order valence-electron chi connectivity index (χ2n) is 4.85. The van der Waals surface area contributed by atoms with Crippen LogP contribution in [0.1, 0.15) is 25.0 Å². The average Bonchev–Trinajstić information content (AvgIpc) is 2.29. The monoisotopic (exact) mass is 268 g/mol. The molecule has 1 aromatic rings. The van der Waals surface area contributed by atoms with Crippen LogP contribution >= 0.6 is 12.2 Å². The van der Waals surface area contributed by atoms with Crippen molar-refractivity contribution in [2.24, 2.45) is 5.92 Å². The molecule has 100 valence electrons. The Morgan fingerprint density at radius 2 is 2.06 bits per heavy atom. The van der Waals surface area contributed by atoms with Gasteiger partial charge in [-0.3, -0.25) is 0 Å². The van der Waals surface area contributed by atoms with Crippen molar-refractivity contribution < 1.29 is 4.39 Å². The van der Waals surface area contributed by atoms with E-state index in [0.29, 0.717) is 11.0 Å². The van der Waals surface area contributed by atoms with Crippen LogP contribution in [0.4, 0.5) is 4.39 Å². The molecule has 0 saturated carbocycles. The first-order chi connectivity index (χ1) is 8.49. The summed E-state index contributed by atoms with van der Waals surface area (Å²) in [6.07, 6.45) is 0.843. The maximum atomic E-state index is 12.9. The minimum atomic E-state index is -0.182. The quantitative estimate of drug-likeness (QED) is 0.803. The molecule has 0 unspecified atom stereocenters. The van der Waals surface area contributed by atoms with E-state index in [1.54, 1.807) is 6.07 Å². The normalized spacial score (nSPS) is 10.5. The van der Waals surface area contributed by atoms with E-state index in [9.17, 15) is 4.39 Å². The molecule has 0 aliphatic carbocycles. The van der Waals surface area contributed by atoms with Gasteiger partial charge in [-0.1, -0.05) is 19.9 Å². The van der Waals surface area contributed by atoms with Gasteiger partial charge < -0.3 is 10.6 Å². The summed E-state index contributed by atoms with van der Waals surface area (Å²) in [6.45, 7) is 7.83. The predicted molar refractivity (Wildman–Crippen MR) is 78.3 cm³/mol. The number of hydrogen-bond donors (Lipinski definition) is 2. The third kappa shape index (κ3) is 5.45. The van der Waals surface area contributed by atoms with Gasteiger partial charge in [0.1, 0.15) is 5.82 Å². The number of benzene rings is 1. The second kappa shape index (κ2) is 7.31. The summed E-state index contributed by atoms with van der Waals surface area (Å²) in [4.78, 5) is 0. The van der Waals surface area contributed by atoms with Crippen molar-refractivity contribution in [3.63, 3.8) is 0 Å². The van der Waals surface area contributed by atoms with Crippen LogP contribution in [0.3, 0.4) is 0 Å². The van der Waals surface area contributed by atoms with Crippen molar-refractivity contribution in [2.45, 2.75) is 27.2 Å². The lowest BCUT2D eigenvalue weighted by Crippen LogP contribution is -2.38. The number of aryl methyl sites for hydroxylation is 1. The van der Waals surface area contributed by atoms with E-state index in [1.165, 1.54) is 6.07 Å². The average molecular weight is 268 g/mol. The van der Waals surface area contributed by atoms with Gasteiger partial charge in [0.2, 0.25) is 0 Å². The highest BCUT2D eigenvalue weighted by atomic mass is 32.1. The summed E-state index contributed by atoms with van der Waals surface area (Å²) in [5, 5.41) is 6.99. The summed E-state index contributed by atoms with van der Waals surface area (Å²) in [7, 11) is 0. The van der Waals surface area contributed by atoms with Crippen LogP contribution in [-0.2, 0) is 6.42 Å². The van der Waals surface area contributed by atoms with E-state index >= 15 is 0 Å². The largest absolute Gasteiger partial charge is 0.362 e. The summed E-state index contributed by atoms with van der Waals surface area (Å²) in [5.74, 6) is 0.391. The van der Waals surface area contributed by atoms with Crippen LogP contribution in [0.15, 0.2) is 18.2 Å². The topological polar surface area (TPSA) is 24.1 Å². The Balaban J connectivity index is 2.31. The molecule has 1 rings (SSSR count). The molecule has 0 fully saturated rings.